The van der Waals surface area contributed by atoms with Gasteiger partial charge in [0, 0.05) is 22.2 Å². The van der Waals surface area contributed by atoms with E-state index in [0.29, 0.717) is 17.7 Å². The largest absolute Gasteiger partial charge is 0.513 e. The molecular weight excluding hydrogens is 463 g/mol. The molecule has 0 aromatic heterocycles. The Hall–Kier alpha value is -2.62. The van der Waals surface area contributed by atoms with Crippen molar-refractivity contribution in [3.8, 4) is 5.75 Å². The first-order chi connectivity index (χ1) is 13.0. The molecule has 142 valence electrons. The highest BCUT2D eigenvalue weighted by Gasteiger charge is 2.10. The molecule has 2 rings (SSSR count). The molecule has 27 heavy (non-hydrogen) atoms. The summed E-state index contributed by atoms with van der Waals surface area (Å²) in [6, 6.07) is 13.3. The first kappa shape index (κ1) is 20.7. The smallest absolute Gasteiger partial charge is 0.434 e. The van der Waals surface area contributed by atoms with Crippen LogP contribution in [0.25, 0.3) is 0 Å². The third kappa shape index (κ3) is 6.55. The Kier molecular flexibility index (Phi) is 8.05. The quantitative estimate of drug-likeness (QED) is 0.274. The number of halogens is 1. The number of hydrogen-bond acceptors (Lipinski definition) is 5. The predicted octanol–water partition coefficient (Wildman–Crippen LogP) is 2.99. The summed E-state index contributed by atoms with van der Waals surface area (Å²) in [7, 11) is 0. The molecule has 0 aliphatic carbocycles. The van der Waals surface area contributed by atoms with E-state index >= 15 is 0 Å². The van der Waals surface area contributed by atoms with E-state index in [4.69, 9.17) is 4.74 Å². The lowest BCUT2D eigenvalue weighted by Gasteiger charge is -2.09. The van der Waals surface area contributed by atoms with Crippen LogP contribution in [0.5, 0.6) is 5.75 Å². The summed E-state index contributed by atoms with van der Waals surface area (Å²) in [6.45, 7) is 2.49. The lowest BCUT2D eigenvalue weighted by Crippen LogP contribution is -2.34. The van der Waals surface area contributed by atoms with Gasteiger partial charge in [-0.3, -0.25) is 9.59 Å². The van der Waals surface area contributed by atoms with Gasteiger partial charge in [-0.25, -0.2) is 4.79 Å². The van der Waals surface area contributed by atoms with Crippen molar-refractivity contribution in [1.29, 1.82) is 0 Å². The first-order valence-electron chi connectivity index (χ1n) is 8.27. The molecule has 0 saturated carbocycles. The summed E-state index contributed by atoms with van der Waals surface area (Å²) in [5.41, 5.74) is 1.01. The lowest BCUT2D eigenvalue weighted by molar-refractivity contribution is 0.0927. The second kappa shape index (κ2) is 10.5. The summed E-state index contributed by atoms with van der Waals surface area (Å²) in [4.78, 5) is 35.4. The van der Waals surface area contributed by atoms with Gasteiger partial charge in [-0.15, -0.1) is 0 Å². The van der Waals surface area contributed by atoms with Crippen molar-refractivity contribution in [2.45, 2.75) is 6.92 Å². The zero-order chi connectivity index (χ0) is 19.6. The van der Waals surface area contributed by atoms with Crippen molar-refractivity contribution < 1.29 is 23.9 Å². The zero-order valence-electron chi connectivity index (χ0n) is 14.7. The van der Waals surface area contributed by atoms with Crippen molar-refractivity contribution in [3.63, 3.8) is 0 Å². The molecule has 0 heterocycles. The summed E-state index contributed by atoms with van der Waals surface area (Å²) < 4.78 is 10.5. The Morgan fingerprint density at radius 2 is 1.56 bits per heavy atom. The van der Waals surface area contributed by atoms with Crippen molar-refractivity contribution in [3.05, 3.63) is 63.2 Å². The molecule has 0 radical (unpaired) electrons. The fourth-order valence-corrected chi connectivity index (χ4v) is 2.74. The van der Waals surface area contributed by atoms with Crippen LogP contribution >= 0.6 is 22.6 Å². The molecule has 2 aromatic rings. The number of carbonyl (C=O) groups is 3. The number of hydrogen-bond donors (Lipinski definition) is 2. The number of rotatable bonds is 7. The fraction of sp³-hybridized carbons (Fsp3) is 0.211. The molecule has 0 aliphatic rings. The van der Waals surface area contributed by atoms with E-state index < -0.39 is 6.16 Å². The average molecular weight is 482 g/mol. The van der Waals surface area contributed by atoms with Gasteiger partial charge in [-0.05, 0) is 65.9 Å². The monoisotopic (exact) mass is 482 g/mol. The van der Waals surface area contributed by atoms with E-state index in [9.17, 15) is 14.4 Å². The molecule has 0 spiro atoms. The Balaban J connectivity index is 1.76. The van der Waals surface area contributed by atoms with Crippen molar-refractivity contribution in [2.75, 3.05) is 19.7 Å². The molecule has 8 heteroatoms. The molecule has 0 aliphatic heterocycles. The minimum absolute atomic E-state index is 0.185. The molecule has 0 atom stereocenters. The highest BCUT2D eigenvalue weighted by atomic mass is 127. The Labute approximate surface area is 170 Å². The summed E-state index contributed by atoms with van der Waals surface area (Å²) >= 11 is 2.10. The van der Waals surface area contributed by atoms with E-state index in [0.717, 1.165) is 3.57 Å². The van der Waals surface area contributed by atoms with Gasteiger partial charge in [0.1, 0.15) is 5.75 Å². The Morgan fingerprint density at radius 3 is 2.19 bits per heavy atom. The Bertz CT molecular complexity index is 808. The van der Waals surface area contributed by atoms with Crippen LogP contribution in [0.3, 0.4) is 0 Å². The summed E-state index contributed by atoms with van der Waals surface area (Å²) in [6.07, 6.45) is -0.793. The third-order valence-corrected chi connectivity index (χ3v) is 4.34. The van der Waals surface area contributed by atoms with Crippen LogP contribution in [-0.2, 0) is 4.74 Å². The van der Waals surface area contributed by atoms with Crippen molar-refractivity contribution in [1.82, 2.24) is 10.6 Å². The van der Waals surface area contributed by atoms with E-state index in [-0.39, 0.29) is 30.7 Å². The van der Waals surface area contributed by atoms with Gasteiger partial charge in [-0.1, -0.05) is 12.1 Å². The standard InChI is InChI=1S/C19H19IN2O5/c1-2-26-19(25)27-14-9-7-13(8-10-14)17(23)21-11-12-22-18(24)15-5-3-4-6-16(15)20/h3-10H,2,11-12H2,1H3,(H,21,23)(H,22,24). The lowest BCUT2D eigenvalue weighted by atomic mass is 10.2. The maximum absolute atomic E-state index is 12.1. The van der Waals surface area contributed by atoms with E-state index in [1.54, 1.807) is 19.1 Å². The Morgan fingerprint density at radius 1 is 0.926 bits per heavy atom. The molecule has 2 amide bonds. The number of ether oxygens (including phenoxy) is 2. The highest BCUT2D eigenvalue weighted by Crippen LogP contribution is 2.13. The number of carbonyl (C=O) groups excluding carboxylic acids is 3. The van der Waals surface area contributed by atoms with E-state index in [1.807, 2.05) is 12.1 Å². The summed E-state index contributed by atoms with van der Waals surface area (Å²) in [5.74, 6) is -0.189. The molecular formula is C19H19IN2O5. The SMILES string of the molecule is CCOC(=O)Oc1ccc(C(=O)NCCNC(=O)c2ccccc2I)cc1. The topological polar surface area (TPSA) is 93.7 Å². The van der Waals surface area contributed by atoms with Crippen molar-refractivity contribution >= 4 is 40.6 Å². The second-order valence-corrected chi connectivity index (χ2v) is 6.46. The van der Waals surface area contributed by atoms with E-state index in [2.05, 4.69) is 38.0 Å². The molecule has 0 saturated heterocycles. The number of nitrogens with one attached hydrogen (secondary N) is 2. The summed E-state index contributed by atoms with van der Waals surface area (Å²) in [5, 5.41) is 5.47. The fourth-order valence-electron chi connectivity index (χ4n) is 2.11. The van der Waals surface area contributed by atoms with Gasteiger partial charge in [0.2, 0.25) is 0 Å². The zero-order valence-corrected chi connectivity index (χ0v) is 16.8. The van der Waals surface area contributed by atoms with Crippen LogP contribution in [0.15, 0.2) is 48.5 Å². The normalized spacial score (nSPS) is 10.0. The van der Waals surface area contributed by atoms with Gasteiger partial charge >= 0.3 is 6.16 Å². The van der Waals surface area contributed by atoms with Gasteiger partial charge in [0.05, 0.1) is 12.2 Å². The molecule has 7 nitrogen and oxygen atoms in total. The minimum Gasteiger partial charge on any atom is -0.434 e. The molecule has 0 unspecified atom stereocenters. The van der Waals surface area contributed by atoms with Gasteiger partial charge in [-0.2, -0.15) is 0 Å². The maximum Gasteiger partial charge on any atom is 0.513 e. The highest BCUT2D eigenvalue weighted by molar-refractivity contribution is 14.1. The van der Waals surface area contributed by atoms with Crippen LogP contribution in [-0.4, -0.2) is 37.7 Å². The van der Waals surface area contributed by atoms with Gasteiger partial charge in [0.25, 0.3) is 11.8 Å². The van der Waals surface area contributed by atoms with E-state index in [1.165, 1.54) is 24.3 Å². The van der Waals surface area contributed by atoms with Gasteiger partial charge < -0.3 is 20.1 Å². The average Bonchev–Trinajstić information content (AvgIpc) is 2.66. The molecule has 2 N–H and O–H groups in total. The van der Waals surface area contributed by atoms with Crippen LogP contribution in [0.4, 0.5) is 4.79 Å². The maximum atomic E-state index is 12.1. The predicted molar refractivity (Wildman–Crippen MR) is 108 cm³/mol. The molecule has 0 fully saturated rings. The van der Waals surface area contributed by atoms with Crippen LogP contribution in [0.2, 0.25) is 0 Å². The number of amides is 2. The second-order valence-electron chi connectivity index (χ2n) is 5.30. The van der Waals surface area contributed by atoms with Crippen LogP contribution in [0, 0.1) is 3.57 Å². The van der Waals surface area contributed by atoms with Crippen LogP contribution < -0.4 is 15.4 Å². The van der Waals surface area contributed by atoms with Crippen LogP contribution in [0.1, 0.15) is 27.6 Å². The third-order valence-electron chi connectivity index (χ3n) is 3.39. The first-order valence-corrected chi connectivity index (χ1v) is 9.34. The van der Waals surface area contributed by atoms with Gasteiger partial charge in [0.15, 0.2) is 0 Å². The molecule has 2 aromatic carbocycles. The minimum atomic E-state index is -0.793. The van der Waals surface area contributed by atoms with Crippen molar-refractivity contribution in [2.24, 2.45) is 0 Å². The molecule has 0 bridgehead atoms. The number of benzene rings is 2.